The van der Waals surface area contributed by atoms with Gasteiger partial charge in [0.15, 0.2) is 0 Å². The van der Waals surface area contributed by atoms with Crippen LogP contribution in [0.5, 0.6) is 0 Å². The second-order valence-corrected chi connectivity index (χ2v) is 5.93. The highest BCUT2D eigenvalue weighted by Crippen LogP contribution is 2.21. The number of halogens is 1. The number of rotatable bonds is 5. The van der Waals surface area contributed by atoms with Gasteiger partial charge in [0, 0.05) is 13.1 Å². The lowest BCUT2D eigenvalue weighted by Crippen LogP contribution is -2.37. The van der Waals surface area contributed by atoms with Crippen molar-refractivity contribution in [1.82, 2.24) is 5.32 Å². The molecule has 0 spiro atoms. The van der Waals surface area contributed by atoms with Gasteiger partial charge in [-0.15, -0.1) is 12.4 Å². The monoisotopic (exact) mass is 350 g/mol. The highest BCUT2D eigenvalue weighted by atomic mass is 35.5. The third kappa shape index (κ3) is 4.24. The number of ether oxygens (including phenoxy) is 1. The summed E-state index contributed by atoms with van der Waals surface area (Å²) in [6.07, 6.45) is 0.264. The Morgan fingerprint density at radius 2 is 2.00 bits per heavy atom. The van der Waals surface area contributed by atoms with Gasteiger partial charge >= 0.3 is 0 Å². The van der Waals surface area contributed by atoms with Crippen molar-refractivity contribution in [3.8, 4) is 0 Å². The van der Waals surface area contributed by atoms with Gasteiger partial charge in [0.2, 0.25) is 5.91 Å². The van der Waals surface area contributed by atoms with Gasteiger partial charge in [-0.05, 0) is 35.2 Å². The molecule has 1 aliphatic heterocycles. The number of amides is 1. The predicted molar refractivity (Wildman–Crippen MR) is 96.1 cm³/mol. The number of hydrogen-bond acceptors (Lipinski definition) is 4. The number of benzene rings is 2. The zero-order valence-electron chi connectivity index (χ0n) is 13.4. The van der Waals surface area contributed by atoms with Gasteiger partial charge < -0.3 is 20.9 Å². The number of hydrogen-bond donors (Lipinski definition) is 3. The molecule has 2 aromatic rings. The lowest BCUT2D eigenvalue weighted by Gasteiger charge is -2.16. The summed E-state index contributed by atoms with van der Waals surface area (Å²) in [5, 5.41) is 15.2. The Morgan fingerprint density at radius 1 is 1.25 bits per heavy atom. The van der Waals surface area contributed by atoms with Crippen LogP contribution in [0.2, 0.25) is 0 Å². The summed E-state index contributed by atoms with van der Waals surface area (Å²) >= 11 is 0. The second kappa shape index (κ2) is 8.44. The Balaban J connectivity index is 0.00000208. The minimum absolute atomic E-state index is 0. The number of carbonyl (C=O) groups excluding carboxylic acids is 1. The molecule has 24 heavy (non-hydrogen) atoms. The third-order valence-corrected chi connectivity index (χ3v) is 4.29. The molecule has 0 bridgehead atoms. The molecule has 1 heterocycles. The molecular formula is C18H23ClN2O3. The normalized spacial score (nSPS) is 21.2. The van der Waals surface area contributed by atoms with E-state index in [-0.39, 0.29) is 31.0 Å². The van der Waals surface area contributed by atoms with E-state index in [9.17, 15) is 9.90 Å². The number of fused-ring (bicyclic) bond motifs is 1. The van der Waals surface area contributed by atoms with Crippen LogP contribution in [0, 0.1) is 0 Å². The number of nitrogens with two attached hydrogens (primary N) is 1. The van der Waals surface area contributed by atoms with E-state index in [1.807, 2.05) is 42.5 Å². The predicted octanol–water partition coefficient (Wildman–Crippen LogP) is 1.92. The fraction of sp³-hybridized carbons (Fsp3) is 0.389. The SMILES string of the molecule is Cl.NC[C@H]1CC[C@@H](C(=O)NCC(O)c2ccc3ccccc3c2)O1. The molecule has 3 atom stereocenters. The van der Waals surface area contributed by atoms with Crippen LogP contribution in [0.3, 0.4) is 0 Å². The molecule has 130 valence electrons. The summed E-state index contributed by atoms with van der Waals surface area (Å²) in [5.41, 5.74) is 6.33. The van der Waals surface area contributed by atoms with E-state index in [2.05, 4.69) is 5.32 Å². The van der Waals surface area contributed by atoms with Crippen LogP contribution in [-0.2, 0) is 9.53 Å². The van der Waals surface area contributed by atoms with Gasteiger partial charge in [-0.25, -0.2) is 0 Å². The minimum atomic E-state index is -0.740. The van der Waals surface area contributed by atoms with Crippen LogP contribution in [-0.4, -0.2) is 36.3 Å². The molecule has 5 nitrogen and oxygen atoms in total. The van der Waals surface area contributed by atoms with Crippen molar-refractivity contribution in [2.75, 3.05) is 13.1 Å². The van der Waals surface area contributed by atoms with Crippen molar-refractivity contribution < 1.29 is 14.6 Å². The van der Waals surface area contributed by atoms with Crippen molar-refractivity contribution in [2.45, 2.75) is 31.2 Å². The van der Waals surface area contributed by atoms with Crippen molar-refractivity contribution >= 4 is 29.1 Å². The molecule has 0 aliphatic carbocycles. The van der Waals surface area contributed by atoms with Gasteiger partial charge in [0.1, 0.15) is 6.10 Å². The maximum Gasteiger partial charge on any atom is 0.249 e. The molecule has 1 unspecified atom stereocenters. The maximum atomic E-state index is 12.1. The summed E-state index contributed by atoms with van der Waals surface area (Å²) in [4.78, 5) is 12.1. The minimum Gasteiger partial charge on any atom is -0.387 e. The molecule has 3 rings (SSSR count). The van der Waals surface area contributed by atoms with Crippen LogP contribution in [0.1, 0.15) is 24.5 Å². The Labute approximate surface area is 147 Å². The first-order valence-electron chi connectivity index (χ1n) is 7.97. The summed E-state index contributed by atoms with van der Waals surface area (Å²) in [5.74, 6) is -0.180. The van der Waals surface area contributed by atoms with Crippen molar-refractivity contribution in [3.63, 3.8) is 0 Å². The van der Waals surface area contributed by atoms with E-state index in [0.29, 0.717) is 13.0 Å². The Kier molecular flexibility index (Phi) is 6.57. The van der Waals surface area contributed by atoms with Gasteiger partial charge in [0.25, 0.3) is 0 Å². The third-order valence-electron chi connectivity index (χ3n) is 4.29. The Morgan fingerprint density at radius 3 is 2.71 bits per heavy atom. The van der Waals surface area contributed by atoms with Crippen molar-refractivity contribution in [3.05, 3.63) is 48.0 Å². The van der Waals surface area contributed by atoms with E-state index < -0.39 is 12.2 Å². The van der Waals surface area contributed by atoms with E-state index in [1.54, 1.807) is 0 Å². The van der Waals surface area contributed by atoms with Gasteiger partial charge in [0.05, 0.1) is 12.2 Å². The molecule has 0 aromatic heterocycles. The first kappa shape index (κ1) is 18.7. The van der Waals surface area contributed by atoms with Gasteiger partial charge in [-0.1, -0.05) is 36.4 Å². The molecule has 1 fully saturated rings. The maximum absolute atomic E-state index is 12.1. The molecule has 0 radical (unpaired) electrons. The first-order valence-corrected chi connectivity index (χ1v) is 7.97. The highest BCUT2D eigenvalue weighted by Gasteiger charge is 2.29. The smallest absolute Gasteiger partial charge is 0.249 e. The second-order valence-electron chi connectivity index (χ2n) is 5.93. The summed E-state index contributed by atoms with van der Waals surface area (Å²) in [6.45, 7) is 0.605. The lowest BCUT2D eigenvalue weighted by atomic mass is 10.0. The van der Waals surface area contributed by atoms with Crippen molar-refractivity contribution in [2.24, 2.45) is 5.73 Å². The average Bonchev–Trinajstić information content (AvgIpc) is 3.08. The molecular weight excluding hydrogens is 328 g/mol. The van der Waals surface area contributed by atoms with E-state index in [1.165, 1.54) is 0 Å². The van der Waals surface area contributed by atoms with Gasteiger partial charge in [-0.3, -0.25) is 4.79 Å². The molecule has 1 aliphatic rings. The molecule has 1 amide bonds. The zero-order valence-corrected chi connectivity index (χ0v) is 14.2. The molecule has 0 saturated carbocycles. The van der Waals surface area contributed by atoms with Gasteiger partial charge in [-0.2, -0.15) is 0 Å². The molecule has 4 N–H and O–H groups in total. The van der Waals surface area contributed by atoms with Crippen LogP contribution in [0.4, 0.5) is 0 Å². The van der Waals surface area contributed by atoms with Crippen LogP contribution in [0.15, 0.2) is 42.5 Å². The van der Waals surface area contributed by atoms with Crippen molar-refractivity contribution in [1.29, 1.82) is 0 Å². The molecule has 1 saturated heterocycles. The van der Waals surface area contributed by atoms with Crippen LogP contribution in [0.25, 0.3) is 10.8 Å². The number of aliphatic hydroxyl groups is 1. The number of carbonyl (C=O) groups is 1. The van der Waals surface area contributed by atoms with E-state index >= 15 is 0 Å². The first-order chi connectivity index (χ1) is 11.2. The Bertz CT molecular complexity index is 695. The number of nitrogens with one attached hydrogen (secondary N) is 1. The van der Waals surface area contributed by atoms with E-state index in [4.69, 9.17) is 10.5 Å². The molecule has 6 heteroatoms. The summed E-state index contributed by atoms with van der Waals surface area (Å²) in [7, 11) is 0. The van der Waals surface area contributed by atoms with Crippen LogP contribution < -0.4 is 11.1 Å². The summed E-state index contributed by atoms with van der Waals surface area (Å²) < 4.78 is 5.55. The zero-order chi connectivity index (χ0) is 16.2. The average molecular weight is 351 g/mol. The standard InChI is InChI=1S/C18H22N2O3.ClH/c19-10-15-7-8-17(23-15)18(22)20-11-16(21)14-6-5-12-3-1-2-4-13(12)9-14;/h1-6,9,15-17,21H,7-8,10-11,19H2,(H,20,22);1H/t15-,16?,17+;/m1./s1. The topological polar surface area (TPSA) is 84.6 Å². The fourth-order valence-electron chi connectivity index (χ4n) is 2.92. The quantitative estimate of drug-likeness (QED) is 0.769. The highest BCUT2D eigenvalue weighted by molar-refractivity contribution is 5.85. The fourth-order valence-corrected chi connectivity index (χ4v) is 2.92. The largest absolute Gasteiger partial charge is 0.387 e. The Hall–Kier alpha value is -1.66. The number of aliphatic hydroxyl groups excluding tert-OH is 1. The molecule has 2 aromatic carbocycles. The summed E-state index contributed by atoms with van der Waals surface area (Å²) in [6, 6.07) is 13.8. The van der Waals surface area contributed by atoms with E-state index in [0.717, 1.165) is 22.8 Å². The lowest BCUT2D eigenvalue weighted by molar-refractivity contribution is -0.132. The van der Waals surface area contributed by atoms with Crippen LogP contribution >= 0.6 is 12.4 Å².